The Hall–Kier alpha value is -0.280. The van der Waals surface area contributed by atoms with Gasteiger partial charge >= 0.3 is 0 Å². The normalized spacial score (nSPS) is 27.5. The fourth-order valence-corrected chi connectivity index (χ4v) is 1.64. The van der Waals surface area contributed by atoms with Crippen molar-refractivity contribution in [1.29, 1.82) is 0 Å². The number of hydrogen-bond donors (Lipinski definition) is 2. The summed E-state index contributed by atoms with van der Waals surface area (Å²) in [7, 11) is 0. The minimum Gasteiger partial charge on any atom is -0.352 e. The number of amides is 1. The summed E-state index contributed by atoms with van der Waals surface area (Å²) in [5, 5.41) is 6.36. The lowest BCUT2D eigenvalue weighted by atomic mass is 10.1. The van der Waals surface area contributed by atoms with Gasteiger partial charge in [-0.25, -0.2) is 0 Å². The molecule has 1 amide bonds. The van der Waals surface area contributed by atoms with Crippen LogP contribution < -0.4 is 10.6 Å². The minimum atomic E-state index is 0. The van der Waals surface area contributed by atoms with Crippen molar-refractivity contribution in [3.05, 3.63) is 0 Å². The predicted molar refractivity (Wildman–Crippen MR) is 54.0 cm³/mol. The molecule has 1 saturated carbocycles. The molecular weight excluding hydrogens is 188 g/mol. The molecule has 0 spiro atoms. The van der Waals surface area contributed by atoms with Crippen molar-refractivity contribution in [3.8, 4) is 0 Å². The highest BCUT2D eigenvalue weighted by Crippen LogP contribution is 2.29. The van der Waals surface area contributed by atoms with Crippen LogP contribution in [0.4, 0.5) is 0 Å². The molecule has 13 heavy (non-hydrogen) atoms. The van der Waals surface area contributed by atoms with Gasteiger partial charge in [-0.05, 0) is 32.2 Å². The van der Waals surface area contributed by atoms with Gasteiger partial charge < -0.3 is 10.6 Å². The number of hydrogen-bond acceptors (Lipinski definition) is 2. The Labute approximate surface area is 85.1 Å². The molecule has 2 aliphatic rings. The third-order valence-electron chi connectivity index (χ3n) is 2.59. The smallest absolute Gasteiger partial charge is 0.223 e. The Morgan fingerprint density at radius 2 is 2.08 bits per heavy atom. The van der Waals surface area contributed by atoms with Crippen LogP contribution in [0.3, 0.4) is 0 Å². The summed E-state index contributed by atoms with van der Waals surface area (Å²) in [6.45, 7) is 2.06. The molecule has 1 aliphatic heterocycles. The molecule has 1 heterocycles. The van der Waals surface area contributed by atoms with E-state index in [1.54, 1.807) is 0 Å². The first-order chi connectivity index (χ1) is 5.86. The lowest BCUT2D eigenvalue weighted by Gasteiger charge is -2.23. The van der Waals surface area contributed by atoms with Crippen molar-refractivity contribution >= 4 is 18.3 Å². The molecule has 1 aliphatic carbocycles. The highest BCUT2D eigenvalue weighted by Gasteiger charge is 2.30. The fraction of sp³-hybridized carbons (Fsp3) is 0.889. The van der Waals surface area contributed by atoms with Crippen LogP contribution in [0.5, 0.6) is 0 Å². The van der Waals surface area contributed by atoms with E-state index in [2.05, 4.69) is 10.6 Å². The Kier molecular flexibility index (Phi) is 4.00. The Bertz CT molecular complexity index is 176. The number of halogens is 1. The van der Waals surface area contributed by atoms with Crippen LogP contribution >= 0.6 is 12.4 Å². The van der Waals surface area contributed by atoms with Gasteiger partial charge in [0, 0.05) is 18.5 Å². The van der Waals surface area contributed by atoms with Crippen LogP contribution in [0.1, 0.15) is 25.7 Å². The summed E-state index contributed by atoms with van der Waals surface area (Å²) >= 11 is 0. The van der Waals surface area contributed by atoms with Crippen molar-refractivity contribution in [3.63, 3.8) is 0 Å². The molecule has 4 heteroatoms. The quantitative estimate of drug-likeness (QED) is 0.695. The molecular formula is C9H17ClN2O. The van der Waals surface area contributed by atoms with E-state index in [4.69, 9.17) is 0 Å². The van der Waals surface area contributed by atoms with Crippen molar-refractivity contribution in [2.75, 3.05) is 13.1 Å². The van der Waals surface area contributed by atoms with Gasteiger partial charge in [-0.2, -0.15) is 0 Å². The highest BCUT2D eigenvalue weighted by molar-refractivity contribution is 5.85. The van der Waals surface area contributed by atoms with Gasteiger partial charge in [0.25, 0.3) is 0 Å². The highest BCUT2D eigenvalue weighted by atomic mass is 35.5. The molecule has 0 unspecified atom stereocenters. The third kappa shape index (κ3) is 3.16. The molecule has 0 bridgehead atoms. The monoisotopic (exact) mass is 204 g/mol. The largest absolute Gasteiger partial charge is 0.352 e. The van der Waals surface area contributed by atoms with Gasteiger partial charge in [0.05, 0.1) is 0 Å². The van der Waals surface area contributed by atoms with E-state index >= 15 is 0 Å². The molecule has 2 fully saturated rings. The fourth-order valence-electron chi connectivity index (χ4n) is 1.64. The summed E-state index contributed by atoms with van der Waals surface area (Å²) in [6.07, 6.45) is 4.54. The zero-order chi connectivity index (χ0) is 8.39. The summed E-state index contributed by atoms with van der Waals surface area (Å²) in [4.78, 5) is 11.3. The zero-order valence-corrected chi connectivity index (χ0v) is 8.53. The maximum atomic E-state index is 11.3. The van der Waals surface area contributed by atoms with Crippen molar-refractivity contribution in [1.82, 2.24) is 10.6 Å². The molecule has 1 saturated heterocycles. The molecule has 3 nitrogen and oxygen atoms in total. The van der Waals surface area contributed by atoms with E-state index in [9.17, 15) is 4.79 Å². The van der Waals surface area contributed by atoms with E-state index in [0.717, 1.165) is 32.4 Å². The van der Waals surface area contributed by atoms with Gasteiger partial charge in [0.2, 0.25) is 5.91 Å². The number of rotatable bonds is 2. The Morgan fingerprint density at radius 1 is 1.31 bits per heavy atom. The lowest BCUT2D eigenvalue weighted by Crippen LogP contribution is -2.46. The van der Waals surface area contributed by atoms with Crippen LogP contribution in [0.15, 0.2) is 0 Å². The number of piperidine rings is 1. The molecule has 0 aromatic heterocycles. The average molecular weight is 205 g/mol. The second-order valence-corrected chi connectivity index (χ2v) is 3.83. The first-order valence-electron chi connectivity index (χ1n) is 4.87. The second kappa shape index (κ2) is 4.82. The third-order valence-corrected chi connectivity index (χ3v) is 2.59. The number of nitrogens with one attached hydrogen (secondary N) is 2. The molecule has 0 aromatic carbocycles. The van der Waals surface area contributed by atoms with Crippen LogP contribution in [0.2, 0.25) is 0 Å². The molecule has 76 valence electrons. The Balaban J connectivity index is 0.000000845. The van der Waals surface area contributed by atoms with Crippen LogP contribution in [-0.2, 0) is 4.79 Å². The first-order valence-corrected chi connectivity index (χ1v) is 4.87. The van der Waals surface area contributed by atoms with Crippen molar-refractivity contribution < 1.29 is 4.79 Å². The predicted octanol–water partition coefficient (Wildman–Crippen LogP) is 0.686. The van der Waals surface area contributed by atoms with E-state index in [1.165, 1.54) is 6.42 Å². The standard InChI is InChI=1S/C9H16N2O.ClH/c12-9(7-3-4-7)11-8-2-1-5-10-6-8;/h7-8,10H,1-6H2,(H,11,12);1H/t8-;/m1./s1. The molecule has 2 rings (SSSR count). The zero-order valence-electron chi connectivity index (χ0n) is 7.71. The Morgan fingerprint density at radius 3 is 2.62 bits per heavy atom. The lowest BCUT2D eigenvalue weighted by molar-refractivity contribution is -0.123. The SMILES string of the molecule is Cl.O=C(N[C@@H]1CCCNC1)C1CC1. The van der Waals surface area contributed by atoms with Crippen LogP contribution in [0, 0.1) is 5.92 Å². The maximum Gasteiger partial charge on any atom is 0.223 e. The van der Waals surface area contributed by atoms with E-state index in [1.807, 2.05) is 0 Å². The molecule has 1 atom stereocenters. The van der Waals surface area contributed by atoms with Crippen molar-refractivity contribution in [2.45, 2.75) is 31.7 Å². The van der Waals surface area contributed by atoms with Crippen molar-refractivity contribution in [2.24, 2.45) is 5.92 Å². The van der Waals surface area contributed by atoms with Gasteiger partial charge in [-0.1, -0.05) is 0 Å². The summed E-state index contributed by atoms with van der Waals surface area (Å²) in [6, 6.07) is 0.395. The van der Waals surface area contributed by atoms with Gasteiger partial charge in [0.1, 0.15) is 0 Å². The van der Waals surface area contributed by atoms with Gasteiger partial charge in [-0.15, -0.1) is 12.4 Å². The topological polar surface area (TPSA) is 41.1 Å². The second-order valence-electron chi connectivity index (χ2n) is 3.83. The first kappa shape index (κ1) is 10.8. The number of carbonyl (C=O) groups excluding carboxylic acids is 1. The molecule has 0 aromatic rings. The van der Waals surface area contributed by atoms with E-state index in [0.29, 0.717) is 12.0 Å². The summed E-state index contributed by atoms with van der Waals surface area (Å²) < 4.78 is 0. The maximum absolute atomic E-state index is 11.3. The van der Waals surface area contributed by atoms with E-state index in [-0.39, 0.29) is 18.3 Å². The van der Waals surface area contributed by atoms with Crippen LogP contribution in [0.25, 0.3) is 0 Å². The molecule has 0 radical (unpaired) electrons. The average Bonchev–Trinajstić information content (AvgIpc) is 2.88. The summed E-state index contributed by atoms with van der Waals surface area (Å²) in [5.74, 6) is 0.635. The summed E-state index contributed by atoms with van der Waals surface area (Å²) in [5.41, 5.74) is 0. The molecule has 2 N–H and O–H groups in total. The van der Waals surface area contributed by atoms with Crippen LogP contribution in [-0.4, -0.2) is 25.0 Å². The number of carbonyl (C=O) groups is 1. The minimum absolute atomic E-state index is 0. The van der Waals surface area contributed by atoms with E-state index < -0.39 is 0 Å². The van der Waals surface area contributed by atoms with Gasteiger partial charge in [0.15, 0.2) is 0 Å². The van der Waals surface area contributed by atoms with Gasteiger partial charge in [-0.3, -0.25) is 4.79 Å².